The van der Waals surface area contributed by atoms with Crippen molar-refractivity contribution in [3.8, 4) is 5.75 Å². The van der Waals surface area contributed by atoms with E-state index in [0.717, 1.165) is 12.1 Å². The first-order chi connectivity index (χ1) is 9.67. The zero-order valence-corrected chi connectivity index (χ0v) is 11.0. The molecular weight excluding hydrogens is 291 g/mol. The molecule has 1 atom stereocenters. The molecule has 116 valence electrons. The lowest BCUT2D eigenvalue weighted by Crippen LogP contribution is -2.44. The highest BCUT2D eigenvalue weighted by Gasteiger charge is 2.31. The number of nitrogens with two attached hydrogens (primary N) is 1. The minimum absolute atomic E-state index is 0.0834. The van der Waals surface area contributed by atoms with Crippen molar-refractivity contribution in [3.05, 3.63) is 24.3 Å². The predicted molar refractivity (Wildman–Crippen MR) is 68.4 cm³/mol. The average Bonchev–Trinajstić information content (AvgIpc) is 2.34. The summed E-state index contributed by atoms with van der Waals surface area (Å²) in [5, 5.41) is 4.69. The van der Waals surface area contributed by atoms with Gasteiger partial charge in [-0.15, -0.1) is 13.2 Å². The standard InChI is InChI=1S/C12H14F3N3O3/c1-7(19)17-6-10(16)11(20)18-8-3-2-4-9(5-8)21-12(13,14)15/h2-5,10H,6,16H2,1H3,(H,17,19)(H,18,20)/t10-/m1/s1. The number of hydrogen-bond acceptors (Lipinski definition) is 4. The van der Waals surface area contributed by atoms with Crippen LogP contribution in [0.25, 0.3) is 0 Å². The summed E-state index contributed by atoms with van der Waals surface area (Å²) in [4.78, 5) is 22.4. The molecule has 0 aliphatic carbocycles. The Morgan fingerprint density at radius 3 is 2.62 bits per heavy atom. The molecule has 0 radical (unpaired) electrons. The Morgan fingerprint density at radius 1 is 1.38 bits per heavy atom. The predicted octanol–water partition coefficient (Wildman–Crippen LogP) is 0.987. The number of hydrogen-bond donors (Lipinski definition) is 3. The van der Waals surface area contributed by atoms with Crippen LogP contribution in [-0.2, 0) is 9.59 Å². The van der Waals surface area contributed by atoms with Gasteiger partial charge >= 0.3 is 6.36 Å². The van der Waals surface area contributed by atoms with E-state index in [4.69, 9.17) is 5.73 Å². The van der Waals surface area contributed by atoms with Crippen LogP contribution in [0.5, 0.6) is 5.75 Å². The van der Waals surface area contributed by atoms with E-state index in [-0.39, 0.29) is 18.1 Å². The molecule has 0 saturated heterocycles. The summed E-state index contributed by atoms with van der Waals surface area (Å²) in [6, 6.07) is 3.75. The molecule has 0 bridgehead atoms. The van der Waals surface area contributed by atoms with E-state index in [9.17, 15) is 22.8 Å². The summed E-state index contributed by atoms with van der Waals surface area (Å²) in [7, 11) is 0. The minimum atomic E-state index is -4.82. The Morgan fingerprint density at radius 2 is 2.05 bits per heavy atom. The van der Waals surface area contributed by atoms with Gasteiger partial charge in [0.05, 0.1) is 0 Å². The molecule has 9 heteroatoms. The number of alkyl halides is 3. The normalized spacial score (nSPS) is 12.4. The maximum atomic E-state index is 12.1. The summed E-state index contributed by atoms with van der Waals surface area (Å²) in [5.41, 5.74) is 5.61. The van der Waals surface area contributed by atoms with Gasteiger partial charge in [-0.3, -0.25) is 9.59 Å². The smallest absolute Gasteiger partial charge is 0.406 e. The second-order valence-electron chi connectivity index (χ2n) is 4.11. The molecule has 0 unspecified atom stereocenters. The monoisotopic (exact) mass is 305 g/mol. The minimum Gasteiger partial charge on any atom is -0.406 e. The van der Waals surface area contributed by atoms with Crippen LogP contribution in [-0.4, -0.2) is 30.8 Å². The van der Waals surface area contributed by atoms with Crippen LogP contribution < -0.4 is 21.1 Å². The van der Waals surface area contributed by atoms with Gasteiger partial charge in [-0.05, 0) is 12.1 Å². The highest BCUT2D eigenvalue weighted by Crippen LogP contribution is 2.24. The first kappa shape index (κ1) is 16.8. The number of ether oxygens (including phenoxy) is 1. The number of benzene rings is 1. The summed E-state index contributed by atoms with van der Waals surface area (Å²) in [5.74, 6) is -1.46. The van der Waals surface area contributed by atoms with Crippen molar-refractivity contribution >= 4 is 17.5 Å². The van der Waals surface area contributed by atoms with Gasteiger partial charge in [-0.25, -0.2) is 0 Å². The summed E-state index contributed by atoms with van der Waals surface area (Å²) in [6.45, 7) is 1.18. The molecule has 1 rings (SSSR count). The molecule has 0 saturated carbocycles. The zero-order chi connectivity index (χ0) is 16.0. The van der Waals surface area contributed by atoms with Crippen LogP contribution in [0.3, 0.4) is 0 Å². The number of rotatable bonds is 5. The van der Waals surface area contributed by atoms with Crippen LogP contribution in [0.2, 0.25) is 0 Å². The van der Waals surface area contributed by atoms with Crippen LogP contribution in [0, 0.1) is 0 Å². The molecule has 0 heterocycles. The maximum Gasteiger partial charge on any atom is 0.573 e. The molecule has 6 nitrogen and oxygen atoms in total. The molecule has 0 spiro atoms. The fraction of sp³-hybridized carbons (Fsp3) is 0.333. The van der Waals surface area contributed by atoms with Gasteiger partial charge in [0.15, 0.2) is 0 Å². The quantitative estimate of drug-likeness (QED) is 0.756. The molecule has 1 aromatic carbocycles. The van der Waals surface area contributed by atoms with Crippen LogP contribution >= 0.6 is 0 Å². The lowest BCUT2D eigenvalue weighted by molar-refractivity contribution is -0.274. The van der Waals surface area contributed by atoms with Crippen LogP contribution in [0.15, 0.2) is 24.3 Å². The van der Waals surface area contributed by atoms with Crippen LogP contribution in [0.4, 0.5) is 18.9 Å². The molecule has 0 aliphatic rings. The molecule has 1 aromatic rings. The van der Waals surface area contributed by atoms with Crippen molar-refractivity contribution in [2.24, 2.45) is 5.73 Å². The summed E-state index contributed by atoms with van der Waals surface area (Å²) in [6.07, 6.45) is -4.82. The Balaban J connectivity index is 2.64. The molecule has 0 fully saturated rings. The number of amides is 2. The van der Waals surface area contributed by atoms with Crippen molar-refractivity contribution in [2.45, 2.75) is 19.3 Å². The lowest BCUT2D eigenvalue weighted by atomic mass is 10.2. The second kappa shape index (κ2) is 6.93. The topological polar surface area (TPSA) is 93.5 Å². The Labute approximate surface area is 118 Å². The third-order valence-corrected chi connectivity index (χ3v) is 2.24. The Kier molecular flexibility index (Phi) is 5.53. The molecule has 4 N–H and O–H groups in total. The number of carbonyl (C=O) groups is 2. The number of anilines is 1. The number of carbonyl (C=O) groups excluding carboxylic acids is 2. The highest BCUT2D eigenvalue weighted by atomic mass is 19.4. The molecule has 0 aliphatic heterocycles. The van der Waals surface area contributed by atoms with Crippen molar-refractivity contribution in [2.75, 3.05) is 11.9 Å². The molecule has 0 aromatic heterocycles. The second-order valence-corrected chi connectivity index (χ2v) is 4.11. The van der Waals surface area contributed by atoms with Gasteiger partial charge in [0, 0.05) is 25.2 Å². The van der Waals surface area contributed by atoms with E-state index < -0.39 is 24.1 Å². The van der Waals surface area contributed by atoms with Crippen molar-refractivity contribution in [1.29, 1.82) is 0 Å². The van der Waals surface area contributed by atoms with Crippen molar-refractivity contribution < 1.29 is 27.5 Å². The third-order valence-electron chi connectivity index (χ3n) is 2.24. The van der Waals surface area contributed by atoms with Gasteiger partial charge in [-0.1, -0.05) is 6.07 Å². The van der Waals surface area contributed by atoms with E-state index in [0.29, 0.717) is 0 Å². The summed E-state index contributed by atoms with van der Waals surface area (Å²) >= 11 is 0. The molecule has 2 amide bonds. The highest BCUT2D eigenvalue weighted by molar-refractivity contribution is 5.95. The van der Waals surface area contributed by atoms with E-state index >= 15 is 0 Å². The Bertz CT molecular complexity index is 520. The SMILES string of the molecule is CC(=O)NC[C@@H](N)C(=O)Nc1cccc(OC(F)(F)F)c1. The van der Waals surface area contributed by atoms with E-state index in [1.165, 1.54) is 19.1 Å². The maximum absolute atomic E-state index is 12.1. The van der Waals surface area contributed by atoms with Crippen LogP contribution in [0.1, 0.15) is 6.92 Å². The first-order valence-electron chi connectivity index (χ1n) is 5.84. The van der Waals surface area contributed by atoms with E-state index in [1.54, 1.807) is 0 Å². The summed E-state index contributed by atoms with van der Waals surface area (Å²) < 4.78 is 39.9. The van der Waals surface area contributed by atoms with Gasteiger partial charge < -0.3 is 21.1 Å². The number of halogens is 3. The Hall–Kier alpha value is -2.29. The van der Waals surface area contributed by atoms with Gasteiger partial charge in [0.25, 0.3) is 0 Å². The number of nitrogens with one attached hydrogen (secondary N) is 2. The van der Waals surface area contributed by atoms with Crippen molar-refractivity contribution in [1.82, 2.24) is 5.32 Å². The van der Waals surface area contributed by atoms with Gasteiger partial charge in [0.1, 0.15) is 11.8 Å². The average molecular weight is 305 g/mol. The van der Waals surface area contributed by atoms with E-state index in [2.05, 4.69) is 15.4 Å². The lowest BCUT2D eigenvalue weighted by Gasteiger charge is -2.14. The van der Waals surface area contributed by atoms with Crippen molar-refractivity contribution in [3.63, 3.8) is 0 Å². The van der Waals surface area contributed by atoms with E-state index in [1.807, 2.05) is 0 Å². The largest absolute Gasteiger partial charge is 0.573 e. The fourth-order valence-electron chi connectivity index (χ4n) is 1.35. The third kappa shape index (κ3) is 6.61. The first-order valence-corrected chi connectivity index (χ1v) is 5.84. The van der Waals surface area contributed by atoms with Gasteiger partial charge in [-0.2, -0.15) is 0 Å². The fourth-order valence-corrected chi connectivity index (χ4v) is 1.35. The van der Waals surface area contributed by atoms with Gasteiger partial charge in [0.2, 0.25) is 11.8 Å². The zero-order valence-electron chi connectivity index (χ0n) is 11.0. The molecular formula is C12H14F3N3O3. The molecule has 21 heavy (non-hydrogen) atoms.